The number of nitrogens with zero attached hydrogens (tertiary/aromatic N) is 2. The molecule has 146 valence electrons. The van der Waals surface area contributed by atoms with E-state index in [0.717, 1.165) is 5.56 Å². The Morgan fingerprint density at radius 3 is 2.48 bits per heavy atom. The zero-order valence-corrected chi connectivity index (χ0v) is 16.1. The number of imide groups is 1. The fourth-order valence-corrected chi connectivity index (χ4v) is 3.30. The molecule has 1 spiro atoms. The molecule has 0 saturated carbocycles. The summed E-state index contributed by atoms with van der Waals surface area (Å²) in [5.74, 6) is 0.394. The summed E-state index contributed by atoms with van der Waals surface area (Å²) in [6.07, 6.45) is -0.106. The first kappa shape index (κ1) is 19.0. The van der Waals surface area contributed by atoms with Gasteiger partial charge in [0, 0.05) is 6.54 Å². The van der Waals surface area contributed by atoms with Gasteiger partial charge in [-0.25, -0.2) is 9.59 Å². The number of carbonyl (C=O) groups is 3. The third-order valence-corrected chi connectivity index (χ3v) is 4.67. The maximum absolute atomic E-state index is 13.0. The van der Waals surface area contributed by atoms with Gasteiger partial charge in [0.2, 0.25) is 0 Å². The normalized spacial score (nSPS) is 22.4. The van der Waals surface area contributed by atoms with Gasteiger partial charge >= 0.3 is 12.1 Å². The molecule has 1 aromatic rings. The maximum Gasteiger partial charge on any atom is 0.410 e. The second-order valence-electron chi connectivity index (χ2n) is 7.90. The van der Waals surface area contributed by atoms with E-state index in [2.05, 4.69) is 5.32 Å². The van der Waals surface area contributed by atoms with Gasteiger partial charge in [0.15, 0.2) is 0 Å². The molecule has 1 aromatic carbocycles. The highest BCUT2D eigenvalue weighted by Gasteiger charge is 2.55. The zero-order chi connectivity index (χ0) is 19.8. The quantitative estimate of drug-likeness (QED) is 0.818. The van der Waals surface area contributed by atoms with Crippen molar-refractivity contribution in [3.05, 3.63) is 29.8 Å². The molecule has 0 radical (unpaired) electrons. The molecule has 2 aliphatic rings. The van der Waals surface area contributed by atoms with E-state index in [-0.39, 0.29) is 19.0 Å². The molecule has 1 unspecified atom stereocenters. The van der Waals surface area contributed by atoms with Gasteiger partial charge in [-0.3, -0.25) is 9.69 Å². The topological polar surface area (TPSA) is 88.2 Å². The predicted octanol–water partition coefficient (Wildman–Crippen LogP) is 2.13. The van der Waals surface area contributed by atoms with Crippen molar-refractivity contribution < 1.29 is 23.9 Å². The van der Waals surface area contributed by atoms with Crippen molar-refractivity contribution in [3.8, 4) is 5.75 Å². The van der Waals surface area contributed by atoms with Gasteiger partial charge in [0.25, 0.3) is 5.91 Å². The third kappa shape index (κ3) is 3.84. The molecule has 2 fully saturated rings. The second kappa shape index (κ2) is 6.75. The van der Waals surface area contributed by atoms with Crippen LogP contribution >= 0.6 is 0 Å². The number of nitrogens with one attached hydrogen (secondary N) is 1. The van der Waals surface area contributed by atoms with Crippen LogP contribution in [0.2, 0.25) is 0 Å². The summed E-state index contributed by atoms with van der Waals surface area (Å²) in [6.45, 7) is 6.01. The fourth-order valence-electron chi connectivity index (χ4n) is 3.30. The number of urea groups is 1. The molecule has 2 heterocycles. The Morgan fingerprint density at radius 1 is 1.22 bits per heavy atom. The molecule has 8 nitrogen and oxygen atoms in total. The summed E-state index contributed by atoms with van der Waals surface area (Å²) in [6, 6.07) is 6.74. The fraction of sp³-hybridized carbons (Fsp3) is 0.526. The van der Waals surface area contributed by atoms with Crippen molar-refractivity contribution in [3.63, 3.8) is 0 Å². The largest absolute Gasteiger partial charge is 0.497 e. The van der Waals surface area contributed by atoms with Crippen LogP contribution < -0.4 is 10.1 Å². The molecular weight excluding hydrogens is 350 g/mol. The summed E-state index contributed by atoms with van der Waals surface area (Å²) in [4.78, 5) is 40.3. The molecule has 8 heteroatoms. The SMILES string of the molecule is COc1ccc(CN2C(=O)NC3(CCN(C(=O)OC(C)(C)C)C3)C2=O)cc1. The highest BCUT2D eigenvalue weighted by atomic mass is 16.6. The molecule has 3 rings (SSSR count). The molecule has 1 N–H and O–H groups in total. The van der Waals surface area contributed by atoms with Gasteiger partial charge < -0.3 is 19.7 Å². The Bertz CT molecular complexity index is 756. The van der Waals surface area contributed by atoms with Crippen LogP contribution in [0.1, 0.15) is 32.8 Å². The van der Waals surface area contributed by atoms with Crippen molar-refractivity contribution in [2.45, 2.75) is 44.9 Å². The van der Waals surface area contributed by atoms with E-state index in [0.29, 0.717) is 18.7 Å². The number of amides is 4. The van der Waals surface area contributed by atoms with Gasteiger partial charge in [-0.2, -0.15) is 0 Å². The van der Waals surface area contributed by atoms with E-state index in [1.807, 2.05) is 12.1 Å². The minimum atomic E-state index is -1.07. The van der Waals surface area contributed by atoms with E-state index < -0.39 is 23.3 Å². The average molecular weight is 375 g/mol. The highest BCUT2D eigenvalue weighted by Crippen LogP contribution is 2.30. The van der Waals surface area contributed by atoms with Crippen LogP contribution in [0.15, 0.2) is 24.3 Å². The minimum Gasteiger partial charge on any atom is -0.497 e. The van der Waals surface area contributed by atoms with Crippen LogP contribution in [0.4, 0.5) is 9.59 Å². The Kier molecular flexibility index (Phi) is 4.75. The number of benzene rings is 1. The number of likely N-dealkylation sites (tertiary alicyclic amines) is 1. The molecule has 2 saturated heterocycles. The molecule has 1 atom stereocenters. The van der Waals surface area contributed by atoms with Crippen LogP contribution in [0, 0.1) is 0 Å². The monoisotopic (exact) mass is 375 g/mol. The van der Waals surface area contributed by atoms with E-state index in [9.17, 15) is 14.4 Å². The number of rotatable bonds is 3. The number of methoxy groups -OCH3 is 1. The maximum atomic E-state index is 13.0. The van der Waals surface area contributed by atoms with Crippen molar-refractivity contribution in [1.29, 1.82) is 0 Å². The summed E-state index contributed by atoms with van der Waals surface area (Å²) in [7, 11) is 1.58. The smallest absolute Gasteiger partial charge is 0.410 e. The number of hydrogen-bond acceptors (Lipinski definition) is 5. The van der Waals surface area contributed by atoms with Crippen molar-refractivity contribution in [2.24, 2.45) is 0 Å². The van der Waals surface area contributed by atoms with Gasteiger partial charge in [0.05, 0.1) is 20.2 Å². The van der Waals surface area contributed by atoms with Crippen LogP contribution in [0.25, 0.3) is 0 Å². The zero-order valence-electron chi connectivity index (χ0n) is 16.1. The standard InChI is InChI=1S/C19H25N3O5/c1-18(2,3)27-17(25)21-10-9-19(12-21)15(23)22(16(24)20-19)11-13-5-7-14(26-4)8-6-13/h5-8H,9-12H2,1-4H3,(H,20,24). The van der Waals surface area contributed by atoms with Crippen LogP contribution in [0.3, 0.4) is 0 Å². The summed E-state index contributed by atoms with van der Waals surface area (Å²) in [5.41, 5.74) is -0.866. The van der Waals surface area contributed by atoms with Crippen molar-refractivity contribution in [2.75, 3.05) is 20.2 Å². The lowest BCUT2D eigenvalue weighted by Gasteiger charge is -2.25. The summed E-state index contributed by atoms with van der Waals surface area (Å²) >= 11 is 0. The molecule has 0 bridgehead atoms. The Hall–Kier alpha value is -2.77. The van der Waals surface area contributed by atoms with E-state index in [1.54, 1.807) is 40.0 Å². The van der Waals surface area contributed by atoms with Crippen molar-refractivity contribution >= 4 is 18.0 Å². The predicted molar refractivity (Wildman–Crippen MR) is 97.2 cm³/mol. The average Bonchev–Trinajstić information content (AvgIpc) is 3.12. The number of hydrogen-bond donors (Lipinski definition) is 1. The van der Waals surface area contributed by atoms with E-state index >= 15 is 0 Å². The molecule has 4 amide bonds. The minimum absolute atomic E-state index is 0.117. The lowest BCUT2D eigenvalue weighted by molar-refractivity contribution is -0.131. The first-order valence-electron chi connectivity index (χ1n) is 8.88. The van der Waals surface area contributed by atoms with Gasteiger partial charge in [-0.1, -0.05) is 12.1 Å². The van der Waals surface area contributed by atoms with Gasteiger partial charge in [-0.15, -0.1) is 0 Å². The number of ether oxygens (including phenoxy) is 2. The molecule has 27 heavy (non-hydrogen) atoms. The number of carbonyl (C=O) groups excluding carboxylic acids is 3. The lowest BCUT2D eigenvalue weighted by Crippen LogP contribution is -2.50. The summed E-state index contributed by atoms with van der Waals surface area (Å²) < 4.78 is 10.5. The summed E-state index contributed by atoms with van der Waals surface area (Å²) in [5, 5.41) is 2.78. The second-order valence-corrected chi connectivity index (χ2v) is 7.90. The Labute approximate surface area is 158 Å². The third-order valence-electron chi connectivity index (χ3n) is 4.67. The van der Waals surface area contributed by atoms with E-state index in [1.165, 1.54) is 9.80 Å². The molecule has 0 aliphatic carbocycles. The Morgan fingerprint density at radius 2 is 1.89 bits per heavy atom. The van der Waals surface area contributed by atoms with Crippen LogP contribution in [0.5, 0.6) is 5.75 Å². The molecule has 2 aliphatic heterocycles. The van der Waals surface area contributed by atoms with Crippen LogP contribution in [-0.2, 0) is 16.1 Å². The van der Waals surface area contributed by atoms with Crippen molar-refractivity contribution in [1.82, 2.24) is 15.1 Å². The van der Waals surface area contributed by atoms with E-state index in [4.69, 9.17) is 9.47 Å². The highest BCUT2D eigenvalue weighted by molar-refractivity contribution is 6.07. The lowest BCUT2D eigenvalue weighted by atomic mass is 9.99. The van der Waals surface area contributed by atoms with Gasteiger partial charge in [-0.05, 0) is 44.9 Å². The first-order valence-corrected chi connectivity index (χ1v) is 8.88. The molecule has 0 aromatic heterocycles. The Balaban J connectivity index is 1.69. The first-order chi connectivity index (χ1) is 12.6. The van der Waals surface area contributed by atoms with Gasteiger partial charge in [0.1, 0.15) is 16.9 Å². The van der Waals surface area contributed by atoms with Crippen LogP contribution in [-0.4, -0.2) is 59.2 Å². The molecular formula is C19H25N3O5.